The zero-order chi connectivity index (χ0) is 22.2. The third-order valence-electron chi connectivity index (χ3n) is 6.04. The van der Waals surface area contributed by atoms with Crippen molar-refractivity contribution in [2.45, 2.75) is 46.0 Å². The van der Waals surface area contributed by atoms with Gasteiger partial charge in [-0.3, -0.25) is 9.59 Å². The molecule has 31 heavy (non-hydrogen) atoms. The largest absolute Gasteiger partial charge is 0.385 e. The van der Waals surface area contributed by atoms with Gasteiger partial charge in [0.15, 0.2) is 11.6 Å². The van der Waals surface area contributed by atoms with Crippen LogP contribution in [0, 0.1) is 5.92 Å². The van der Waals surface area contributed by atoms with Crippen LogP contribution in [-0.4, -0.2) is 38.4 Å². The average molecular weight is 423 g/mol. The molecule has 3 rings (SSSR count). The van der Waals surface area contributed by atoms with E-state index >= 15 is 0 Å². The summed E-state index contributed by atoms with van der Waals surface area (Å²) in [5, 5.41) is 6.84. The molecule has 0 heterocycles. The topological polar surface area (TPSA) is 67.4 Å². The lowest BCUT2D eigenvalue weighted by Crippen LogP contribution is -2.25. The van der Waals surface area contributed by atoms with Crippen LogP contribution in [0.5, 0.6) is 0 Å². The standard InChI is InChI=1S/C26H34N2O3/c1-4-6-10-18(5-2)17-28-22-14-13-21(27-15-9-16-31-3)23-24(22)26(30)20-12-8-7-11-19(20)25(23)29/h7-8,11-14,18,27-28H,4-6,9-10,15-17H2,1-3H3. The smallest absolute Gasteiger partial charge is 0.196 e. The van der Waals surface area contributed by atoms with E-state index in [1.54, 1.807) is 19.2 Å². The van der Waals surface area contributed by atoms with E-state index in [1.807, 2.05) is 24.3 Å². The molecule has 5 heteroatoms. The number of benzene rings is 2. The van der Waals surface area contributed by atoms with Gasteiger partial charge in [0.05, 0.1) is 11.1 Å². The van der Waals surface area contributed by atoms with E-state index in [1.165, 1.54) is 12.8 Å². The van der Waals surface area contributed by atoms with Crippen LogP contribution in [0.2, 0.25) is 0 Å². The van der Waals surface area contributed by atoms with Crippen molar-refractivity contribution in [2.75, 3.05) is 37.4 Å². The molecule has 0 aliphatic heterocycles. The highest BCUT2D eigenvalue weighted by Gasteiger charge is 2.33. The fourth-order valence-corrected chi connectivity index (χ4v) is 4.15. The maximum atomic E-state index is 13.4. The van der Waals surface area contributed by atoms with E-state index in [9.17, 15) is 9.59 Å². The molecule has 5 nitrogen and oxygen atoms in total. The molecule has 0 radical (unpaired) electrons. The fraction of sp³-hybridized carbons (Fsp3) is 0.462. The van der Waals surface area contributed by atoms with E-state index in [4.69, 9.17) is 4.74 Å². The van der Waals surface area contributed by atoms with Gasteiger partial charge in [-0.05, 0) is 30.9 Å². The minimum absolute atomic E-state index is 0.0881. The maximum Gasteiger partial charge on any atom is 0.196 e. The Morgan fingerprint density at radius 3 is 2.03 bits per heavy atom. The lowest BCUT2D eigenvalue weighted by molar-refractivity contribution is 0.0980. The number of hydrogen-bond donors (Lipinski definition) is 2. The first-order chi connectivity index (χ1) is 15.1. The van der Waals surface area contributed by atoms with E-state index in [0.717, 1.165) is 31.5 Å². The first kappa shape index (κ1) is 23.0. The van der Waals surface area contributed by atoms with E-state index in [0.29, 0.717) is 47.0 Å². The quantitative estimate of drug-likeness (QED) is 0.375. The van der Waals surface area contributed by atoms with Gasteiger partial charge >= 0.3 is 0 Å². The number of hydrogen-bond acceptors (Lipinski definition) is 5. The Balaban J connectivity index is 1.94. The van der Waals surface area contributed by atoms with Gasteiger partial charge in [0.2, 0.25) is 0 Å². The lowest BCUT2D eigenvalue weighted by Gasteiger charge is -2.25. The van der Waals surface area contributed by atoms with Crippen molar-refractivity contribution in [1.82, 2.24) is 0 Å². The van der Waals surface area contributed by atoms with Crippen LogP contribution in [0.3, 0.4) is 0 Å². The third-order valence-corrected chi connectivity index (χ3v) is 6.04. The number of nitrogens with one attached hydrogen (secondary N) is 2. The average Bonchev–Trinajstić information content (AvgIpc) is 2.80. The highest BCUT2D eigenvalue weighted by molar-refractivity contribution is 6.31. The minimum atomic E-state index is -0.0962. The second-order valence-corrected chi connectivity index (χ2v) is 8.19. The van der Waals surface area contributed by atoms with Gasteiger partial charge < -0.3 is 15.4 Å². The summed E-state index contributed by atoms with van der Waals surface area (Å²) >= 11 is 0. The number of methoxy groups -OCH3 is 1. The second-order valence-electron chi connectivity index (χ2n) is 8.19. The van der Waals surface area contributed by atoms with E-state index < -0.39 is 0 Å². The van der Waals surface area contributed by atoms with Crippen LogP contribution in [0.1, 0.15) is 77.8 Å². The molecule has 0 spiro atoms. The highest BCUT2D eigenvalue weighted by Crippen LogP contribution is 2.36. The third kappa shape index (κ3) is 5.16. The fourth-order valence-electron chi connectivity index (χ4n) is 4.15. The molecule has 0 bridgehead atoms. The summed E-state index contributed by atoms with van der Waals surface area (Å²) in [4.78, 5) is 26.9. The molecule has 2 aromatic carbocycles. The van der Waals surface area contributed by atoms with Crippen molar-refractivity contribution >= 4 is 22.9 Å². The van der Waals surface area contributed by atoms with Crippen LogP contribution < -0.4 is 10.6 Å². The Hall–Kier alpha value is -2.66. The highest BCUT2D eigenvalue weighted by atomic mass is 16.5. The number of anilines is 2. The van der Waals surface area contributed by atoms with Crippen molar-refractivity contribution in [3.05, 3.63) is 58.7 Å². The summed E-state index contributed by atoms with van der Waals surface area (Å²) in [6.07, 6.45) is 5.45. The molecule has 1 atom stereocenters. The maximum absolute atomic E-state index is 13.4. The Morgan fingerprint density at radius 1 is 0.871 bits per heavy atom. The molecule has 166 valence electrons. The number of ketones is 2. The molecule has 1 aliphatic carbocycles. The van der Waals surface area contributed by atoms with E-state index in [-0.39, 0.29) is 11.6 Å². The molecule has 2 aromatic rings. The summed E-state index contributed by atoms with van der Waals surface area (Å²) in [5.74, 6) is 0.361. The lowest BCUT2D eigenvalue weighted by atomic mass is 9.82. The number of carbonyl (C=O) groups is 2. The van der Waals surface area contributed by atoms with Crippen molar-refractivity contribution in [2.24, 2.45) is 5.92 Å². The monoisotopic (exact) mass is 422 g/mol. The van der Waals surface area contributed by atoms with Crippen LogP contribution in [0.4, 0.5) is 11.4 Å². The number of fused-ring (bicyclic) bond motifs is 2. The van der Waals surface area contributed by atoms with Gasteiger partial charge in [-0.2, -0.15) is 0 Å². The van der Waals surface area contributed by atoms with Gasteiger partial charge in [-0.1, -0.05) is 57.4 Å². The molecular weight excluding hydrogens is 388 g/mol. The predicted octanol–water partition coefficient (Wildman–Crippen LogP) is 5.54. The summed E-state index contributed by atoms with van der Waals surface area (Å²) in [6.45, 7) is 6.52. The molecule has 0 aromatic heterocycles. The van der Waals surface area contributed by atoms with Crippen molar-refractivity contribution in [3.63, 3.8) is 0 Å². The predicted molar refractivity (Wildman–Crippen MR) is 127 cm³/mol. The van der Waals surface area contributed by atoms with Crippen LogP contribution in [0.25, 0.3) is 0 Å². The first-order valence-electron chi connectivity index (χ1n) is 11.4. The van der Waals surface area contributed by atoms with E-state index in [2.05, 4.69) is 24.5 Å². The number of unbranched alkanes of at least 4 members (excludes halogenated alkanes) is 1. The Bertz CT molecular complexity index is 923. The van der Waals surface area contributed by atoms with Crippen LogP contribution >= 0.6 is 0 Å². The summed E-state index contributed by atoms with van der Waals surface area (Å²) < 4.78 is 5.12. The Labute approximate surface area is 185 Å². The van der Waals surface area contributed by atoms with Crippen LogP contribution in [-0.2, 0) is 4.74 Å². The second kappa shape index (κ2) is 11.1. The molecule has 0 saturated carbocycles. The summed E-state index contributed by atoms with van der Waals surface area (Å²) in [5.41, 5.74) is 3.39. The number of ether oxygens (including phenoxy) is 1. The zero-order valence-electron chi connectivity index (χ0n) is 18.9. The summed E-state index contributed by atoms with van der Waals surface area (Å²) in [6, 6.07) is 11.0. The normalized spacial score (nSPS) is 13.5. The molecule has 1 aliphatic rings. The summed E-state index contributed by atoms with van der Waals surface area (Å²) in [7, 11) is 1.67. The zero-order valence-corrected chi connectivity index (χ0v) is 18.9. The van der Waals surface area contributed by atoms with Gasteiger partial charge in [0.1, 0.15) is 0 Å². The van der Waals surface area contributed by atoms with Gasteiger partial charge in [-0.25, -0.2) is 0 Å². The van der Waals surface area contributed by atoms with Crippen LogP contribution in [0.15, 0.2) is 36.4 Å². The SMILES string of the molecule is CCCCC(CC)CNc1ccc(NCCCOC)c2c1C(=O)c1ccccc1C2=O. The molecular formula is C26H34N2O3. The minimum Gasteiger partial charge on any atom is -0.385 e. The first-order valence-corrected chi connectivity index (χ1v) is 11.4. The van der Waals surface area contributed by atoms with Crippen molar-refractivity contribution in [1.29, 1.82) is 0 Å². The molecule has 0 amide bonds. The molecule has 0 saturated heterocycles. The van der Waals surface area contributed by atoms with Crippen molar-refractivity contribution in [3.8, 4) is 0 Å². The molecule has 0 fully saturated rings. The number of rotatable bonds is 12. The molecule has 1 unspecified atom stereocenters. The Kier molecular flexibility index (Phi) is 8.24. The Morgan fingerprint density at radius 2 is 1.48 bits per heavy atom. The van der Waals surface area contributed by atoms with Gasteiger partial charge in [0, 0.05) is 49.3 Å². The van der Waals surface area contributed by atoms with Crippen molar-refractivity contribution < 1.29 is 14.3 Å². The van der Waals surface area contributed by atoms with Gasteiger partial charge in [-0.15, -0.1) is 0 Å². The van der Waals surface area contributed by atoms with Gasteiger partial charge in [0.25, 0.3) is 0 Å². The molecule has 2 N–H and O–H groups in total. The number of carbonyl (C=O) groups excluding carboxylic acids is 2.